The Labute approximate surface area is 157 Å². The van der Waals surface area contributed by atoms with E-state index in [1.807, 2.05) is 23.1 Å². The molecule has 132 valence electrons. The molecule has 0 spiro atoms. The van der Waals surface area contributed by atoms with Gasteiger partial charge in [0.05, 0.1) is 0 Å². The summed E-state index contributed by atoms with van der Waals surface area (Å²) >= 11 is 6.19. The zero-order valence-electron chi connectivity index (χ0n) is 14.4. The van der Waals surface area contributed by atoms with E-state index in [0.717, 1.165) is 29.2 Å². The van der Waals surface area contributed by atoms with Crippen molar-refractivity contribution in [3.8, 4) is 0 Å². The normalized spacial score (nSPS) is 16.5. The van der Waals surface area contributed by atoms with E-state index in [1.165, 1.54) is 6.33 Å². The number of carbonyl (C=O) groups is 1. The summed E-state index contributed by atoms with van der Waals surface area (Å²) in [7, 11) is 0. The maximum absolute atomic E-state index is 13.2. The Hall–Kier alpha value is -2.66. The van der Waals surface area contributed by atoms with E-state index >= 15 is 0 Å². The molecular weight excluding hydrogens is 348 g/mol. The number of hydrogen-bond acceptors (Lipinski definition) is 4. The standard InChI is InChI=1S/C20H19ClN4O/c1-2-3-11-25-19(15-10-6-8-13-7-4-5-9-14(13)15)24-18-16(20(25)26)17(21)22-12-23-18/h4-10,12,19H,2-3,11H2,1H3,(H,22,23,24). The summed E-state index contributed by atoms with van der Waals surface area (Å²) in [6.45, 7) is 2.75. The fraction of sp³-hybridized carbons (Fsp3) is 0.250. The molecule has 1 unspecified atom stereocenters. The minimum Gasteiger partial charge on any atom is -0.345 e. The number of aromatic nitrogens is 2. The van der Waals surface area contributed by atoms with Crippen molar-refractivity contribution in [2.75, 3.05) is 11.9 Å². The molecule has 1 aliphatic heterocycles. The molecule has 1 atom stereocenters. The molecule has 0 fully saturated rings. The molecule has 1 N–H and O–H groups in total. The van der Waals surface area contributed by atoms with Crippen molar-refractivity contribution in [1.29, 1.82) is 0 Å². The lowest BCUT2D eigenvalue weighted by Crippen LogP contribution is -2.44. The molecule has 5 nitrogen and oxygen atoms in total. The Bertz CT molecular complexity index is 970. The molecule has 4 rings (SSSR count). The first kappa shape index (κ1) is 16.8. The molecule has 0 saturated heterocycles. The Morgan fingerprint density at radius 2 is 1.96 bits per heavy atom. The van der Waals surface area contributed by atoms with Crippen LogP contribution in [0.4, 0.5) is 5.82 Å². The van der Waals surface area contributed by atoms with E-state index in [2.05, 4.69) is 46.5 Å². The minimum absolute atomic E-state index is 0.129. The molecule has 6 heteroatoms. The molecule has 0 radical (unpaired) electrons. The number of carbonyl (C=O) groups excluding carboxylic acids is 1. The predicted octanol–water partition coefficient (Wildman–Crippen LogP) is 4.65. The number of nitrogens with zero attached hydrogens (tertiary/aromatic N) is 3. The van der Waals surface area contributed by atoms with Crippen molar-refractivity contribution < 1.29 is 4.79 Å². The largest absolute Gasteiger partial charge is 0.345 e. The van der Waals surface area contributed by atoms with Gasteiger partial charge in [0.15, 0.2) is 0 Å². The number of benzene rings is 2. The van der Waals surface area contributed by atoms with Gasteiger partial charge >= 0.3 is 0 Å². The molecule has 0 bridgehead atoms. The zero-order chi connectivity index (χ0) is 18.1. The lowest BCUT2D eigenvalue weighted by molar-refractivity contribution is 0.0679. The molecule has 0 aliphatic carbocycles. The van der Waals surface area contributed by atoms with E-state index < -0.39 is 0 Å². The average molecular weight is 367 g/mol. The number of rotatable bonds is 4. The van der Waals surface area contributed by atoms with Gasteiger partial charge in [0.2, 0.25) is 0 Å². The van der Waals surface area contributed by atoms with Crippen LogP contribution in [0.15, 0.2) is 48.8 Å². The maximum atomic E-state index is 13.2. The quantitative estimate of drug-likeness (QED) is 0.683. The van der Waals surface area contributed by atoms with Crippen LogP contribution < -0.4 is 5.32 Å². The minimum atomic E-state index is -0.293. The number of hydrogen-bond donors (Lipinski definition) is 1. The van der Waals surface area contributed by atoms with E-state index in [-0.39, 0.29) is 17.2 Å². The van der Waals surface area contributed by atoms with Gasteiger partial charge in [0.1, 0.15) is 29.0 Å². The first-order valence-corrected chi connectivity index (χ1v) is 9.14. The average Bonchev–Trinajstić information content (AvgIpc) is 2.66. The van der Waals surface area contributed by atoms with Gasteiger partial charge in [-0.05, 0) is 17.2 Å². The fourth-order valence-corrected chi connectivity index (χ4v) is 3.64. The van der Waals surface area contributed by atoms with Crippen molar-refractivity contribution in [3.63, 3.8) is 0 Å². The van der Waals surface area contributed by atoms with Gasteiger partial charge in [-0.3, -0.25) is 4.79 Å². The SMILES string of the molecule is CCCCN1C(=O)c2c(Cl)ncnc2NC1c1cccc2ccccc12. The van der Waals surface area contributed by atoms with Crippen LogP contribution in [0.5, 0.6) is 0 Å². The third-order valence-corrected chi connectivity index (χ3v) is 5.02. The lowest BCUT2D eigenvalue weighted by atomic mass is 9.99. The summed E-state index contributed by atoms with van der Waals surface area (Å²) < 4.78 is 0. The van der Waals surface area contributed by atoms with Gasteiger partial charge in [0, 0.05) is 12.1 Å². The van der Waals surface area contributed by atoms with Crippen LogP contribution in [0.3, 0.4) is 0 Å². The fourth-order valence-electron chi connectivity index (χ4n) is 3.42. The topological polar surface area (TPSA) is 58.1 Å². The van der Waals surface area contributed by atoms with E-state index in [0.29, 0.717) is 17.9 Å². The Balaban J connectivity index is 1.86. The van der Waals surface area contributed by atoms with Gasteiger partial charge < -0.3 is 10.2 Å². The third kappa shape index (κ3) is 2.78. The molecule has 26 heavy (non-hydrogen) atoms. The van der Waals surface area contributed by atoms with Crippen molar-refractivity contribution in [2.24, 2.45) is 0 Å². The molecule has 2 heterocycles. The highest BCUT2D eigenvalue weighted by Gasteiger charge is 2.36. The molecule has 1 aliphatic rings. The van der Waals surface area contributed by atoms with Crippen LogP contribution >= 0.6 is 11.6 Å². The van der Waals surface area contributed by atoms with Crippen LogP contribution in [0.1, 0.15) is 41.9 Å². The first-order valence-electron chi connectivity index (χ1n) is 8.76. The summed E-state index contributed by atoms with van der Waals surface area (Å²) in [6, 6.07) is 14.3. The van der Waals surface area contributed by atoms with Gasteiger partial charge in [-0.25, -0.2) is 9.97 Å². The van der Waals surface area contributed by atoms with E-state index in [1.54, 1.807) is 0 Å². The highest BCUT2D eigenvalue weighted by Crippen LogP contribution is 2.36. The van der Waals surface area contributed by atoms with Gasteiger partial charge in [0.25, 0.3) is 5.91 Å². The van der Waals surface area contributed by atoms with Crippen LogP contribution in [0, 0.1) is 0 Å². The maximum Gasteiger partial charge on any atom is 0.262 e. The summed E-state index contributed by atoms with van der Waals surface area (Å²) in [5.74, 6) is 0.358. The van der Waals surface area contributed by atoms with Gasteiger partial charge in [-0.1, -0.05) is 67.4 Å². The van der Waals surface area contributed by atoms with Crippen LogP contribution in [-0.2, 0) is 0 Å². The monoisotopic (exact) mass is 366 g/mol. The van der Waals surface area contributed by atoms with Crippen LogP contribution in [0.2, 0.25) is 5.15 Å². The van der Waals surface area contributed by atoms with Crippen molar-refractivity contribution >= 4 is 34.1 Å². The highest BCUT2D eigenvalue weighted by atomic mass is 35.5. The van der Waals surface area contributed by atoms with E-state index in [4.69, 9.17) is 11.6 Å². The number of fused-ring (bicyclic) bond motifs is 2. The summed E-state index contributed by atoms with van der Waals surface area (Å²) in [5.41, 5.74) is 1.40. The highest BCUT2D eigenvalue weighted by molar-refractivity contribution is 6.33. The summed E-state index contributed by atoms with van der Waals surface area (Å²) in [5, 5.41) is 5.85. The van der Waals surface area contributed by atoms with Gasteiger partial charge in [-0.15, -0.1) is 0 Å². The molecule has 1 aromatic heterocycles. The Morgan fingerprint density at radius 3 is 2.81 bits per heavy atom. The zero-order valence-corrected chi connectivity index (χ0v) is 15.2. The smallest absolute Gasteiger partial charge is 0.262 e. The Morgan fingerprint density at radius 1 is 1.15 bits per heavy atom. The van der Waals surface area contributed by atoms with Crippen molar-refractivity contribution in [3.05, 3.63) is 65.1 Å². The van der Waals surface area contributed by atoms with Crippen LogP contribution in [0.25, 0.3) is 10.8 Å². The number of nitrogens with one attached hydrogen (secondary N) is 1. The molecule has 1 amide bonds. The summed E-state index contributed by atoms with van der Waals surface area (Å²) in [4.78, 5) is 23.2. The lowest BCUT2D eigenvalue weighted by Gasteiger charge is -2.38. The second-order valence-electron chi connectivity index (χ2n) is 6.36. The molecular formula is C20H19ClN4O. The number of unbranched alkanes of at least 4 members (excludes halogenated alkanes) is 1. The van der Waals surface area contributed by atoms with Crippen molar-refractivity contribution in [2.45, 2.75) is 25.9 Å². The number of anilines is 1. The molecule has 3 aromatic rings. The summed E-state index contributed by atoms with van der Waals surface area (Å²) in [6.07, 6.45) is 3.00. The molecule has 0 saturated carbocycles. The Kier molecular flexibility index (Phi) is 4.47. The predicted molar refractivity (Wildman–Crippen MR) is 103 cm³/mol. The second-order valence-corrected chi connectivity index (χ2v) is 6.71. The number of halogens is 1. The first-order chi connectivity index (χ1) is 12.7. The van der Waals surface area contributed by atoms with Crippen molar-refractivity contribution in [1.82, 2.24) is 14.9 Å². The van der Waals surface area contributed by atoms with E-state index in [9.17, 15) is 4.79 Å². The molecule has 2 aromatic carbocycles. The van der Waals surface area contributed by atoms with Gasteiger partial charge in [-0.2, -0.15) is 0 Å². The third-order valence-electron chi connectivity index (χ3n) is 4.73. The second kappa shape index (κ2) is 6.92. The number of amides is 1. The van der Waals surface area contributed by atoms with Crippen LogP contribution in [-0.4, -0.2) is 27.3 Å².